The van der Waals surface area contributed by atoms with Gasteiger partial charge in [0.25, 0.3) is 0 Å². The molecule has 1 aliphatic rings. The van der Waals surface area contributed by atoms with Gasteiger partial charge in [0.05, 0.1) is 0 Å². The lowest BCUT2D eigenvalue weighted by atomic mass is 10.0. The number of carbonyl (C=O) groups excluding carboxylic acids is 1. The Hall–Kier alpha value is -0.570. The van der Waals surface area contributed by atoms with E-state index in [-0.39, 0.29) is 0 Å². The standard InChI is InChI=1S/C20H39NO2/c22-19-15-13-11-9-7-5-3-1-2-4-6-8-10-12-14-16-20(23)21-17-18-21/h22H,1-19H2. The number of unbranched alkanes of at least 4 members (excludes halogenated alkanes) is 14. The molecule has 0 saturated carbocycles. The van der Waals surface area contributed by atoms with E-state index in [1.807, 2.05) is 4.90 Å². The van der Waals surface area contributed by atoms with Crippen molar-refractivity contribution in [3.63, 3.8) is 0 Å². The molecule has 0 radical (unpaired) electrons. The van der Waals surface area contributed by atoms with Crippen LogP contribution in [0.5, 0.6) is 0 Å². The molecule has 3 heteroatoms. The Kier molecular flexibility index (Phi) is 13.3. The van der Waals surface area contributed by atoms with Crippen molar-refractivity contribution in [2.24, 2.45) is 0 Å². The molecule has 1 amide bonds. The van der Waals surface area contributed by atoms with Gasteiger partial charge in [0.2, 0.25) is 5.91 Å². The molecule has 136 valence electrons. The first kappa shape index (κ1) is 20.5. The maximum Gasteiger partial charge on any atom is 0.222 e. The third kappa shape index (κ3) is 13.6. The zero-order valence-electron chi connectivity index (χ0n) is 15.2. The van der Waals surface area contributed by atoms with E-state index in [2.05, 4.69) is 0 Å². The smallest absolute Gasteiger partial charge is 0.222 e. The number of carbonyl (C=O) groups is 1. The number of rotatable bonds is 17. The highest BCUT2D eigenvalue weighted by Crippen LogP contribution is 2.14. The zero-order valence-corrected chi connectivity index (χ0v) is 15.2. The topological polar surface area (TPSA) is 40.3 Å². The van der Waals surface area contributed by atoms with Gasteiger partial charge < -0.3 is 10.0 Å². The van der Waals surface area contributed by atoms with Crippen molar-refractivity contribution in [2.45, 2.75) is 103 Å². The lowest BCUT2D eigenvalue weighted by Crippen LogP contribution is -2.09. The Labute approximate surface area is 143 Å². The Morgan fingerprint density at radius 3 is 1.30 bits per heavy atom. The van der Waals surface area contributed by atoms with E-state index in [9.17, 15) is 4.79 Å². The van der Waals surface area contributed by atoms with E-state index >= 15 is 0 Å². The lowest BCUT2D eigenvalue weighted by Gasteiger charge is -2.04. The maximum atomic E-state index is 11.5. The molecule has 0 atom stereocenters. The van der Waals surface area contributed by atoms with E-state index in [0.29, 0.717) is 12.5 Å². The van der Waals surface area contributed by atoms with E-state index in [0.717, 1.165) is 32.4 Å². The molecule has 1 N–H and O–H groups in total. The van der Waals surface area contributed by atoms with Gasteiger partial charge >= 0.3 is 0 Å². The fourth-order valence-electron chi connectivity index (χ4n) is 3.14. The van der Waals surface area contributed by atoms with Gasteiger partial charge in [-0.3, -0.25) is 4.79 Å². The third-order valence-corrected chi connectivity index (χ3v) is 4.85. The number of hydrogen-bond donors (Lipinski definition) is 1. The van der Waals surface area contributed by atoms with Crippen LogP contribution >= 0.6 is 0 Å². The van der Waals surface area contributed by atoms with E-state index < -0.39 is 0 Å². The summed E-state index contributed by atoms with van der Waals surface area (Å²) in [6.45, 7) is 2.36. The monoisotopic (exact) mass is 325 g/mol. The summed E-state index contributed by atoms with van der Waals surface area (Å²) >= 11 is 0. The second kappa shape index (κ2) is 15.0. The molecule has 0 bridgehead atoms. The van der Waals surface area contributed by atoms with Gasteiger partial charge in [-0.1, -0.05) is 83.5 Å². The molecule has 0 aromatic carbocycles. The molecule has 0 aromatic heterocycles. The summed E-state index contributed by atoms with van der Waals surface area (Å²) < 4.78 is 0. The summed E-state index contributed by atoms with van der Waals surface area (Å²) in [6.07, 6.45) is 20.3. The Bertz CT molecular complexity index is 277. The molecule has 1 fully saturated rings. The summed E-state index contributed by atoms with van der Waals surface area (Å²) in [5, 5.41) is 8.70. The Morgan fingerprint density at radius 2 is 0.957 bits per heavy atom. The fraction of sp³-hybridized carbons (Fsp3) is 0.950. The van der Waals surface area contributed by atoms with Crippen LogP contribution < -0.4 is 0 Å². The minimum atomic E-state index is 0.358. The summed E-state index contributed by atoms with van der Waals surface area (Å²) in [4.78, 5) is 13.4. The largest absolute Gasteiger partial charge is 0.396 e. The Balaban J connectivity index is 1.64. The highest BCUT2D eigenvalue weighted by atomic mass is 16.2. The summed E-state index contributed by atoms with van der Waals surface area (Å²) in [5.74, 6) is 0.374. The lowest BCUT2D eigenvalue weighted by molar-refractivity contribution is -0.125. The predicted molar refractivity (Wildman–Crippen MR) is 97.5 cm³/mol. The molecule has 1 rings (SSSR count). The first-order valence-corrected chi connectivity index (χ1v) is 10.2. The second-order valence-electron chi connectivity index (χ2n) is 7.16. The number of aliphatic hydroxyl groups excluding tert-OH is 1. The average molecular weight is 326 g/mol. The van der Waals surface area contributed by atoms with Crippen LogP contribution in [0.3, 0.4) is 0 Å². The SMILES string of the molecule is O=C(CCCCCCCCCCCCCCCCCO)N1CC1. The number of nitrogens with zero attached hydrogens (tertiary/aromatic N) is 1. The molecule has 1 aliphatic heterocycles. The minimum absolute atomic E-state index is 0.358. The van der Waals surface area contributed by atoms with Crippen LogP contribution in [-0.2, 0) is 4.79 Å². The van der Waals surface area contributed by atoms with Crippen LogP contribution in [0.25, 0.3) is 0 Å². The van der Waals surface area contributed by atoms with Crippen molar-refractivity contribution in [2.75, 3.05) is 19.7 Å². The van der Waals surface area contributed by atoms with Gasteiger partial charge in [-0.2, -0.15) is 0 Å². The van der Waals surface area contributed by atoms with Crippen LogP contribution in [0.2, 0.25) is 0 Å². The highest BCUT2D eigenvalue weighted by molar-refractivity contribution is 5.78. The van der Waals surface area contributed by atoms with Crippen molar-refractivity contribution in [1.82, 2.24) is 4.90 Å². The molecule has 0 unspecified atom stereocenters. The highest BCUT2D eigenvalue weighted by Gasteiger charge is 2.22. The van der Waals surface area contributed by atoms with Crippen LogP contribution in [0.1, 0.15) is 103 Å². The molecule has 3 nitrogen and oxygen atoms in total. The van der Waals surface area contributed by atoms with Gasteiger partial charge in [0.1, 0.15) is 0 Å². The average Bonchev–Trinajstić information content (AvgIpc) is 3.39. The number of aliphatic hydroxyl groups is 1. The normalized spacial score (nSPS) is 13.5. The molecular formula is C20H39NO2. The van der Waals surface area contributed by atoms with Gasteiger partial charge in [-0.25, -0.2) is 0 Å². The molecular weight excluding hydrogens is 286 g/mol. The quantitative estimate of drug-likeness (QED) is 0.300. The molecule has 23 heavy (non-hydrogen) atoms. The van der Waals surface area contributed by atoms with Gasteiger partial charge in [-0.15, -0.1) is 0 Å². The molecule has 0 aliphatic carbocycles. The van der Waals surface area contributed by atoms with Crippen LogP contribution in [0.15, 0.2) is 0 Å². The van der Waals surface area contributed by atoms with Crippen molar-refractivity contribution in [3.8, 4) is 0 Å². The van der Waals surface area contributed by atoms with Crippen LogP contribution in [-0.4, -0.2) is 35.6 Å². The zero-order chi connectivity index (χ0) is 16.6. The van der Waals surface area contributed by atoms with Crippen molar-refractivity contribution in [3.05, 3.63) is 0 Å². The number of hydrogen-bond acceptors (Lipinski definition) is 2. The van der Waals surface area contributed by atoms with Crippen LogP contribution in [0.4, 0.5) is 0 Å². The summed E-state index contributed by atoms with van der Waals surface area (Å²) in [5.41, 5.74) is 0. The predicted octanol–water partition coefficient (Wildman–Crippen LogP) is 5.06. The van der Waals surface area contributed by atoms with Crippen LogP contribution in [0, 0.1) is 0 Å². The van der Waals surface area contributed by atoms with E-state index in [4.69, 9.17) is 5.11 Å². The van der Waals surface area contributed by atoms with E-state index in [1.54, 1.807) is 0 Å². The van der Waals surface area contributed by atoms with Gasteiger partial charge in [0, 0.05) is 26.1 Å². The molecule has 0 aromatic rings. The fourth-order valence-corrected chi connectivity index (χ4v) is 3.14. The van der Waals surface area contributed by atoms with Crippen molar-refractivity contribution in [1.29, 1.82) is 0 Å². The first-order valence-electron chi connectivity index (χ1n) is 10.2. The van der Waals surface area contributed by atoms with Gasteiger partial charge in [0.15, 0.2) is 0 Å². The van der Waals surface area contributed by atoms with E-state index in [1.165, 1.54) is 83.5 Å². The summed E-state index contributed by atoms with van der Waals surface area (Å²) in [6, 6.07) is 0. The maximum absolute atomic E-state index is 11.5. The molecule has 1 saturated heterocycles. The Morgan fingerprint density at radius 1 is 0.609 bits per heavy atom. The first-order chi connectivity index (χ1) is 11.3. The van der Waals surface area contributed by atoms with Gasteiger partial charge in [-0.05, 0) is 12.8 Å². The molecule has 0 spiro atoms. The summed E-state index contributed by atoms with van der Waals surface area (Å²) in [7, 11) is 0. The minimum Gasteiger partial charge on any atom is -0.396 e. The second-order valence-corrected chi connectivity index (χ2v) is 7.16. The molecule has 1 heterocycles. The number of amides is 1. The van der Waals surface area contributed by atoms with Crippen molar-refractivity contribution < 1.29 is 9.90 Å². The van der Waals surface area contributed by atoms with Crippen molar-refractivity contribution >= 4 is 5.91 Å². The third-order valence-electron chi connectivity index (χ3n) is 4.85.